The fraction of sp³-hybridized carbons (Fsp3) is 0.100. The summed E-state index contributed by atoms with van der Waals surface area (Å²) in [7, 11) is 0. The molecule has 0 aliphatic carbocycles. The summed E-state index contributed by atoms with van der Waals surface area (Å²) in [4.78, 5) is 22.9. The molecule has 2 rings (SSSR count). The van der Waals surface area contributed by atoms with Gasteiger partial charge in [0.2, 0.25) is 0 Å². The number of benzene rings is 1. The lowest BCUT2D eigenvalue weighted by Gasteiger charge is -2.23. The zero-order valence-electron chi connectivity index (χ0n) is 8.29. The lowest BCUT2D eigenvalue weighted by atomic mass is 10.2. The van der Waals surface area contributed by atoms with Crippen LogP contribution in [0.4, 0.5) is 16.2 Å². The molecule has 2 amide bonds. The van der Waals surface area contributed by atoms with Crippen LogP contribution in [0.1, 0.15) is 0 Å². The van der Waals surface area contributed by atoms with Crippen LogP contribution in [0.2, 0.25) is 0 Å². The zero-order chi connectivity index (χ0) is 11.5. The van der Waals surface area contributed by atoms with Crippen molar-refractivity contribution in [3.8, 4) is 0 Å². The molecule has 0 fully saturated rings. The summed E-state index contributed by atoms with van der Waals surface area (Å²) in [6.07, 6.45) is 3.37. The van der Waals surface area contributed by atoms with Gasteiger partial charge in [-0.05, 0) is 18.2 Å². The van der Waals surface area contributed by atoms with Crippen LogP contribution >= 0.6 is 0 Å². The normalized spacial score (nSPS) is 14.8. The van der Waals surface area contributed by atoms with E-state index in [-0.39, 0.29) is 11.7 Å². The molecule has 0 spiro atoms. The van der Waals surface area contributed by atoms with Crippen molar-refractivity contribution >= 4 is 17.4 Å². The van der Waals surface area contributed by atoms with Gasteiger partial charge < -0.3 is 5.32 Å². The Kier molecular flexibility index (Phi) is 2.55. The van der Waals surface area contributed by atoms with Crippen molar-refractivity contribution in [2.24, 2.45) is 0 Å². The Labute approximate surface area is 91.3 Å². The fourth-order valence-corrected chi connectivity index (χ4v) is 1.43. The van der Waals surface area contributed by atoms with Crippen LogP contribution in [0.3, 0.4) is 0 Å². The molecule has 1 aliphatic rings. The first-order chi connectivity index (χ1) is 7.68. The number of urea groups is 1. The maximum Gasteiger partial charge on any atom is 0.326 e. The van der Waals surface area contributed by atoms with Gasteiger partial charge in [0.1, 0.15) is 0 Å². The Morgan fingerprint density at radius 1 is 1.31 bits per heavy atom. The van der Waals surface area contributed by atoms with E-state index in [2.05, 4.69) is 5.32 Å². The van der Waals surface area contributed by atoms with Crippen molar-refractivity contribution in [1.82, 2.24) is 5.32 Å². The van der Waals surface area contributed by atoms with E-state index < -0.39 is 4.92 Å². The Bertz CT molecular complexity index is 453. The standard InChI is InChI=1S/C10H9N3O3/c14-10-11-6-1-7-12(10)8-2-4-9(5-3-8)13(15)16/h1-6H,7H2,(H,11,14). The molecular formula is C10H9N3O3. The molecule has 1 aliphatic heterocycles. The van der Waals surface area contributed by atoms with E-state index >= 15 is 0 Å². The van der Waals surface area contributed by atoms with Crippen molar-refractivity contribution in [1.29, 1.82) is 0 Å². The molecule has 0 saturated heterocycles. The molecule has 16 heavy (non-hydrogen) atoms. The summed E-state index contributed by atoms with van der Waals surface area (Å²) in [5.41, 5.74) is 0.643. The van der Waals surface area contributed by atoms with Crippen molar-refractivity contribution in [2.75, 3.05) is 11.4 Å². The number of non-ortho nitro benzene ring substituents is 1. The molecule has 0 bridgehead atoms. The van der Waals surface area contributed by atoms with Crippen LogP contribution in [-0.2, 0) is 0 Å². The predicted molar refractivity (Wildman–Crippen MR) is 58.1 cm³/mol. The van der Waals surface area contributed by atoms with Gasteiger partial charge in [0, 0.05) is 30.6 Å². The Hall–Kier alpha value is -2.37. The van der Waals surface area contributed by atoms with Crippen molar-refractivity contribution in [3.63, 3.8) is 0 Å². The van der Waals surface area contributed by atoms with Gasteiger partial charge in [-0.1, -0.05) is 0 Å². The number of amides is 2. The Morgan fingerprint density at radius 3 is 2.56 bits per heavy atom. The zero-order valence-corrected chi connectivity index (χ0v) is 8.29. The molecule has 0 saturated carbocycles. The van der Waals surface area contributed by atoms with Crippen LogP contribution in [-0.4, -0.2) is 17.5 Å². The highest BCUT2D eigenvalue weighted by atomic mass is 16.6. The molecule has 0 aromatic heterocycles. The third-order valence-electron chi connectivity index (χ3n) is 2.23. The highest BCUT2D eigenvalue weighted by Crippen LogP contribution is 2.20. The number of nitro benzene ring substituents is 1. The van der Waals surface area contributed by atoms with Gasteiger partial charge in [-0.3, -0.25) is 15.0 Å². The summed E-state index contributed by atoms with van der Waals surface area (Å²) in [6, 6.07) is 5.62. The van der Waals surface area contributed by atoms with Crippen LogP contribution < -0.4 is 10.2 Å². The van der Waals surface area contributed by atoms with Crippen molar-refractivity contribution in [2.45, 2.75) is 0 Å². The third kappa shape index (κ3) is 1.85. The third-order valence-corrected chi connectivity index (χ3v) is 2.23. The summed E-state index contributed by atoms with van der Waals surface area (Å²) in [5.74, 6) is 0. The summed E-state index contributed by atoms with van der Waals surface area (Å²) >= 11 is 0. The highest BCUT2D eigenvalue weighted by molar-refractivity contribution is 5.93. The minimum absolute atomic E-state index is 0.0108. The fourth-order valence-electron chi connectivity index (χ4n) is 1.43. The minimum atomic E-state index is -0.472. The second kappa shape index (κ2) is 4.01. The smallest absolute Gasteiger partial charge is 0.314 e. The predicted octanol–water partition coefficient (Wildman–Crippen LogP) is 1.64. The molecule has 82 valence electrons. The molecule has 6 nitrogen and oxygen atoms in total. The number of hydrogen-bond acceptors (Lipinski definition) is 3. The van der Waals surface area contributed by atoms with E-state index in [1.165, 1.54) is 17.0 Å². The molecule has 1 aromatic carbocycles. The molecule has 1 heterocycles. The molecule has 1 aromatic rings. The first-order valence-corrected chi connectivity index (χ1v) is 4.66. The number of rotatable bonds is 2. The number of nitrogens with zero attached hydrogens (tertiary/aromatic N) is 2. The van der Waals surface area contributed by atoms with Crippen molar-refractivity contribution < 1.29 is 9.72 Å². The maximum absolute atomic E-state index is 11.4. The quantitative estimate of drug-likeness (QED) is 0.606. The summed E-state index contributed by atoms with van der Waals surface area (Å²) in [5, 5.41) is 13.0. The van der Waals surface area contributed by atoms with E-state index in [0.29, 0.717) is 12.2 Å². The average Bonchev–Trinajstić information content (AvgIpc) is 2.30. The number of anilines is 1. The minimum Gasteiger partial charge on any atom is -0.314 e. The van der Waals surface area contributed by atoms with E-state index in [9.17, 15) is 14.9 Å². The van der Waals surface area contributed by atoms with Gasteiger partial charge in [-0.2, -0.15) is 0 Å². The molecule has 0 unspecified atom stereocenters. The summed E-state index contributed by atoms with van der Waals surface area (Å²) < 4.78 is 0. The first kappa shape index (κ1) is 10.2. The van der Waals surface area contributed by atoms with Crippen LogP contribution in [0, 0.1) is 10.1 Å². The summed E-state index contributed by atoms with van der Waals surface area (Å²) in [6.45, 7) is 0.462. The Morgan fingerprint density at radius 2 is 2.00 bits per heavy atom. The average molecular weight is 219 g/mol. The van der Waals surface area contributed by atoms with Crippen LogP contribution in [0.25, 0.3) is 0 Å². The number of nitro groups is 1. The van der Waals surface area contributed by atoms with E-state index in [1.54, 1.807) is 24.4 Å². The second-order valence-electron chi connectivity index (χ2n) is 3.24. The van der Waals surface area contributed by atoms with Gasteiger partial charge in [0.05, 0.1) is 4.92 Å². The van der Waals surface area contributed by atoms with Crippen LogP contribution in [0.15, 0.2) is 36.5 Å². The van der Waals surface area contributed by atoms with Gasteiger partial charge >= 0.3 is 6.03 Å². The van der Waals surface area contributed by atoms with E-state index in [4.69, 9.17) is 0 Å². The molecule has 0 radical (unpaired) electrons. The monoisotopic (exact) mass is 219 g/mol. The first-order valence-electron chi connectivity index (χ1n) is 4.66. The van der Waals surface area contributed by atoms with Gasteiger partial charge in [-0.25, -0.2) is 4.79 Å². The van der Waals surface area contributed by atoms with E-state index in [1.807, 2.05) is 0 Å². The lowest BCUT2D eigenvalue weighted by molar-refractivity contribution is -0.384. The number of carbonyl (C=O) groups is 1. The lowest BCUT2D eigenvalue weighted by Crippen LogP contribution is -2.40. The number of carbonyl (C=O) groups excluding carboxylic acids is 1. The van der Waals surface area contributed by atoms with Gasteiger partial charge in [0.25, 0.3) is 5.69 Å². The SMILES string of the molecule is O=C1NC=CCN1c1ccc([N+](=O)[O-])cc1. The largest absolute Gasteiger partial charge is 0.326 e. The topological polar surface area (TPSA) is 75.5 Å². The molecule has 1 N–H and O–H groups in total. The number of hydrogen-bond donors (Lipinski definition) is 1. The Balaban J connectivity index is 2.24. The maximum atomic E-state index is 11.4. The highest BCUT2D eigenvalue weighted by Gasteiger charge is 2.16. The van der Waals surface area contributed by atoms with Crippen LogP contribution in [0.5, 0.6) is 0 Å². The number of nitrogens with one attached hydrogen (secondary N) is 1. The second-order valence-corrected chi connectivity index (χ2v) is 3.24. The van der Waals surface area contributed by atoms with Gasteiger partial charge in [-0.15, -0.1) is 0 Å². The molecular weight excluding hydrogens is 210 g/mol. The van der Waals surface area contributed by atoms with E-state index in [0.717, 1.165) is 0 Å². The van der Waals surface area contributed by atoms with Gasteiger partial charge in [0.15, 0.2) is 0 Å². The molecule has 6 heteroatoms. The van der Waals surface area contributed by atoms with Crippen molar-refractivity contribution in [3.05, 3.63) is 46.7 Å². The molecule has 0 atom stereocenters.